The fourth-order valence-corrected chi connectivity index (χ4v) is 2.01. The molecule has 0 spiro atoms. The van der Waals surface area contributed by atoms with Gasteiger partial charge in [0.15, 0.2) is 0 Å². The summed E-state index contributed by atoms with van der Waals surface area (Å²) in [5.74, 6) is 0.899. The first-order chi connectivity index (χ1) is 9.21. The zero-order valence-electron chi connectivity index (χ0n) is 12.2. The van der Waals surface area contributed by atoms with Crippen LogP contribution in [-0.2, 0) is 4.74 Å². The Hall–Kier alpha value is -1.26. The van der Waals surface area contributed by atoms with E-state index in [4.69, 9.17) is 15.2 Å². The minimum Gasteiger partial charge on any atom is -0.492 e. The van der Waals surface area contributed by atoms with E-state index >= 15 is 0 Å². The summed E-state index contributed by atoms with van der Waals surface area (Å²) in [6.45, 7) is 6.09. The molecule has 4 nitrogen and oxygen atoms in total. The highest BCUT2D eigenvalue weighted by molar-refractivity contribution is 5.58. The Morgan fingerprint density at radius 2 is 2.16 bits per heavy atom. The smallest absolute Gasteiger partial charge is 0.142 e. The van der Waals surface area contributed by atoms with Gasteiger partial charge in [-0.1, -0.05) is 6.07 Å². The van der Waals surface area contributed by atoms with Crippen LogP contribution in [0.3, 0.4) is 0 Å². The maximum atomic E-state index is 5.67. The topological polar surface area (TPSA) is 56.5 Å². The molecule has 0 fully saturated rings. The van der Waals surface area contributed by atoms with Crippen molar-refractivity contribution in [3.63, 3.8) is 0 Å². The third-order valence-corrected chi connectivity index (χ3v) is 2.92. The van der Waals surface area contributed by atoms with E-state index in [-0.39, 0.29) is 6.04 Å². The van der Waals surface area contributed by atoms with Gasteiger partial charge in [-0.3, -0.25) is 0 Å². The summed E-state index contributed by atoms with van der Waals surface area (Å²) < 4.78 is 10.9. The van der Waals surface area contributed by atoms with E-state index in [2.05, 4.69) is 30.4 Å². The summed E-state index contributed by atoms with van der Waals surface area (Å²) in [7, 11) is 1.72. The number of rotatable bonds is 9. The van der Waals surface area contributed by atoms with Crippen LogP contribution in [0.4, 0.5) is 5.69 Å². The maximum absolute atomic E-state index is 5.67. The second kappa shape index (κ2) is 8.77. The number of methoxy groups -OCH3 is 1. The van der Waals surface area contributed by atoms with Gasteiger partial charge in [-0.25, -0.2) is 0 Å². The molecular formula is C15H26N2O2. The Labute approximate surface area is 116 Å². The van der Waals surface area contributed by atoms with Crippen molar-refractivity contribution >= 4 is 5.69 Å². The molecule has 0 aliphatic heterocycles. The third-order valence-electron chi connectivity index (χ3n) is 2.92. The van der Waals surface area contributed by atoms with Crippen molar-refractivity contribution < 1.29 is 9.47 Å². The molecule has 0 aliphatic carbocycles. The van der Waals surface area contributed by atoms with Gasteiger partial charge in [0.05, 0.1) is 18.9 Å². The molecular weight excluding hydrogens is 240 g/mol. The first kappa shape index (κ1) is 15.8. The predicted molar refractivity (Wildman–Crippen MR) is 79.9 cm³/mol. The monoisotopic (exact) mass is 266 g/mol. The number of hydrogen-bond donors (Lipinski definition) is 2. The molecule has 1 aromatic carbocycles. The summed E-state index contributed by atoms with van der Waals surface area (Å²) in [5, 5.41) is 3.49. The van der Waals surface area contributed by atoms with Gasteiger partial charge in [-0.2, -0.15) is 0 Å². The molecule has 0 amide bonds. The van der Waals surface area contributed by atoms with Gasteiger partial charge < -0.3 is 20.5 Å². The standard InChI is InChI=1S/C15H26N2O2/c1-4-19-15-10-12(2)7-8-14(15)17-13(11-18-3)6-5-9-16/h7-8,10,13,17H,4-6,9,11,16H2,1-3H3. The summed E-state index contributed by atoms with van der Waals surface area (Å²) in [6.07, 6.45) is 1.97. The Morgan fingerprint density at radius 3 is 2.79 bits per heavy atom. The van der Waals surface area contributed by atoms with E-state index in [1.807, 2.05) is 6.92 Å². The largest absolute Gasteiger partial charge is 0.492 e. The minimum atomic E-state index is 0.260. The van der Waals surface area contributed by atoms with Crippen LogP contribution < -0.4 is 15.8 Å². The Balaban J connectivity index is 2.76. The number of benzene rings is 1. The predicted octanol–water partition coefficient (Wildman–Crippen LogP) is 2.56. The van der Waals surface area contributed by atoms with Crippen LogP contribution in [-0.4, -0.2) is 32.9 Å². The lowest BCUT2D eigenvalue weighted by Gasteiger charge is -2.21. The Kier molecular flexibility index (Phi) is 7.30. The molecule has 1 atom stereocenters. The lowest BCUT2D eigenvalue weighted by molar-refractivity contribution is 0.182. The second-order valence-corrected chi connectivity index (χ2v) is 4.66. The van der Waals surface area contributed by atoms with Gasteiger partial charge in [0.1, 0.15) is 5.75 Å². The number of ether oxygens (including phenoxy) is 2. The molecule has 1 unspecified atom stereocenters. The molecule has 0 saturated heterocycles. The quantitative estimate of drug-likeness (QED) is 0.721. The van der Waals surface area contributed by atoms with Crippen LogP contribution in [0.1, 0.15) is 25.3 Å². The van der Waals surface area contributed by atoms with Crippen LogP contribution in [0, 0.1) is 6.92 Å². The van der Waals surface area contributed by atoms with Gasteiger partial charge in [0.25, 0.3) is 0 Å². The molecule has 0 bridgehead atoms. The van der Waals surface area contributed by atoms with Crippen molar-refractivity contribution in [1.82, 2.24) is 0 Å². The summed E-state index contributed by atoms with van der Waals surface area (Å²) in [5.41, 5.74) is 7.78. The molecule has 0 radical (unpaired) electrons. The lowest BCUT2D eigenvalue weighted by atomic mass is 10.1. The summed E-state index contributed by atoms with van der Waals surface area (Å²) >= 11 is 0. The van der Waals surface area contributed by atoms with Crippen LogP contribution in [0.25, 0.3) is 0 Å². The van der Waals surface area contributed by atoms with Gasteiger partial charge in [-0.05, 0) is 50.9 Å². The van der Waals surface area contributed by atoms with Gasteiger partial charge in [0.2, 0.25) is 0 Å². The molecule has 0 aliphatic rings. The number of anilines is 1. The fraction of sp³-hybridized carbons (Fsp3) is 0.600. The normalized spacial score (nSPS) is 12.2. The molecule has 0 saturated carbocycles. The highest BCUT2D eigenvalue weighted by atomic mass is 16.5. The van der Waals surface area contributed by atoms with Crippen LogP contribution in [0.5, 0.6) is 5.75 Å². The molecule has 108 valence electrons. The van der Waals surface area contributed by atoms with Crippen molar-refractivity contribution in [3.8, 4) is 5.75 Å². The maximum Gasteiger partial charge on any atom is 0.142 e. The molecule has 3 N–H and O–H groups in total. The first-order valence-electron chi connectivity index (χ1n) is 6.90. The highest BCUT2D eigenvalue weighted by Crippen LogP contribution is 2.27. The minimum absolute atomic E-state index is 0.260. The second-order valence-electron chi connectivity index (χ2n) is 4.66. The number of nitrogens with two attached hydrogens (primary N) is 1. The fourth-order valence-electron chi connectivity index (χ4n) is 2.01. The number of nitrogens with one attached hydrogen (secondary N) is 1. The van der Waals surface area contributed by atoms with Gasteiger partial charge >= 0.3 is 0 Å². The van der Waals surface area contributed by atoms with Crippen molar-refractivity contribution in [3.05, 3.63) is 23.8 Å². The summed E-state index contributed by atoms with van der Waals surface area (Å²) in [6, 6.07) is 6.46. The molecule has 1 aromatic rings. The van der Waals surface area contributed by atoms with E-state index < -0.39 is 0 Å². The first-order valence-corrected chi connectivity index (χ1v) is 6.90. The average Bonchev–Trinajstić information content (AvgIpc) is 2.39. The van der Waals surface area contributed by atoms with Crippen LogP contribution in [0.2, 0.25) is 0 Å². The Morgan fingerprint density at radius 1 is 1.37 bits per heavy atom. The molecule has 1 rings (SSSR count). The number of aryl methyl sites for hydroxylation is 1. The molecule has 4 heteroatoms. The van der Waals surface area contributed by atoms with Gasteiger partial charge in [0, 0.05) is 13.2 Å². The van der Waals surface area contributed by atoms with Gasteiger partial charge in [-0.15, -0.1) is 0 Å². The van der Waals surface area contributed by atoms with E-state index in [9.17, 15) is 0 Å². The lowest BCUT2D eigenvalue weighted by Crippen LogP contribution is -2.26. The zero-order chi connectivity index (χ0) is 14.1. The van der Waals surface area contributed by atoms with Crippen molar-refractivity contribution in [2.75, 3.05) is 32.2 Å². The SMILES string of the molecule is CCOc1cc(C)ccc1NC(CCCN)COC. The molecule has 0 aromatic heterocycles. The summed E-state index contributed by atoms with van der Waals surface area (Å²) in [4.78, 5) is 0. The van der Waals surface area contributed by atoms with E-state index in [1.54, 1.807) is 7.11 Å². The van der Waals surface area contributed by atoms with Crippen LogP contribution in [0.15, 0.2) is 18.2 Å². The molecule has 0 heterocycles. The number of hydrogen-bond acceptors (Lipinski definition) is 4. The Bertz CT molecular complexity index is 369. The van der Waals surface area contributed by atoms with Crippen molar-refractivity contribution in [2.24, 2.45) is 5.73 Å². The van der Waals surface area contributed by atoms with Crippen molar-refractivity contribution in [2.45, 2.75) is 32.7 Å². The van der Waals surface area contributed by atoms with Crippen molar-refractivity contribution in [1.29, 1.82) is 0 Å². The molecule has 19 heavy (non-hydrogen) atoms. The third kappa shape index (κ3) is 5.49. The zero-order valence-corrected chi connectivity index (χ0v) is 12.2. The van der Waals surface area contributed by atoms with E-state index in [1.165, 1.54) is 5.56 Å². The average molecular weight is 266 g/mol. The van der Waals surface area contributed by atoms with E-state index in [0.717, 1.165) is 24.3 Å². The van der Waals surface area contributed by atoms with Crippen LogP contribution >= 0.6 is 0 Å². The highest BCUT2D eigenvalue weighted by Gasteiger charge is 2.11. The van der Waals surface area contributed by atoms with E-state index in [0.29, 0.717) is 19.8 Å².